The first-order chi connectivity index (χ1) is 10.2. The summed E-state index contributed by atoms with van der Waals surface area (Å²) in [5.41, 5.74) is 3.73. The summed E-state index contributed by atoms with van der Waals surface area (Å²) in [6.45, 7) is 10.1. The number of sulfonamides is 1. The average molecular weight is 338 g/mol. The van der Waals surface area contributed by atoms with Crippen LogP contribution < -0.4 is 4.72 Å². The van der Waals surface area contributed by atoms with E-state index in [0.29, 0.717) is 6.42 Å². The van der Waals surface area contributed by atoms with Crippen molar-refractivity contribution in [2.75, 3.05) is 5.75 Å². The quantitative estimate of drug-likeness (QED) is 0.544. The van der Waals surface area contributed by atoms with Crippen LogP contribution in [0, 0.1) is 0 Å². The van der Waals surface area contributed by atoms with Crippen molar-refractivity contribution in [2.45, 2.75) is 44.6 Å². The Hall–Kier alpha value is -1.13. The van der Waals surface area contributed by atoms with Gasteiger partial charge in [-0.2, -0.15) is 0 Å². The second-order valence-electron chi connectivity index (χ2n) is 6.70. The van der Waals surface area contributed by atoms with Gasteiger partial charge in [0.25, 0.3) is 0 Å². The van der Waals surface area contributed by atoms with Gasteiger partial charge in [-0.1, -0.05) is 56.6 Å². The molecule has 0 amide bonds. The van der Waals surface area contributed by atoms with Crippen molar-refractivity contribution in [2.24, 2.45) is 0 Å². The minimum atomic E-state index is -3.26. The summed E-state index contributed by atoms with van der Waals surface area (Å²) in [5.74, 6) is 0.212. The number of hydrogen-bond donors (Lipinski definition) is 1. The van der Waals surface area contributed by atoms with Gasteiger partial charge in [-0.05, 0) is 30.5 Å². The molecule has 0 aliphatic heterocycles. The van der Waals surface area contributed by atoms with E-state index in [9.17, 15) is 8.42 Å². The third-order valence-electron chi connectivity index (χ3n) is 3.39. The monoisotopic (exact) mass is 337 g/mol. The molecule has 1 rings (SSSR count). The number of benzene rings is 1. The summed E-state index contributed by atoms with van der Waals surface area (Å²) < 4.78 is 27.6. The molecule has 0 saturated carbocycles. The summed E-state index contributed by atoms with van der Waals surface area (Å²) in [5, 5.41) is 0. The third kappa shape index (κ3) is 7.76. The molecule has 122 valence electrons. The van der Waals surface area contributed by atoms with Crippen LogP contribution in [0.4, 0.5) is 0 Å². The molecular formula is C17H27NO2SSi. The second-order valence-corrected chi connectivity index (χ2v) is 14.2. The largest absolute Gasteiger partial charge is 0.212 e. The maximum Gasteiger partial charge on any atom is 0.211 e. The van der Waals surface area contributed by atoms with Crippen molar-refractivity contribution >= 4 is 18.1 Å². The van der Waals surface area contributed by atoms with E-state index in [2.05, 4.69) is 36.7 Å². The van der Waals surface area contributed by atoms with Crippen molar-refractivity contribution in [3.63, 3.8) is 0 Å². The fourth-order valence-electron chi connectivity index (χ4n) is 2.05. The lowest BCUT2D eigenvalue weighted by Crippen LogP contribution is -2.33. The van der Waals surface area contributed by atoms with E-state index in [4.69, 9.17) is 0 Å². The van der Waals surface area contributed by atoms with E-state index < -0.39 is 18.1 Å². The molecule has 5 heteroatoms. The summed E-state index contributed by atoms with van der Waals surface area (Å²) in [6.07, 6.45) is 3.30. The van der Waals surface area contributed by atoms with Gasteiger partial charge in [0, 0.05) is 14.1 Å². The zero-order valence-corrected chi connectivity index (χ0v) is 15.6. The Balaban J connectivity index is 2.81. The summed E-state index contributed by atoms with van der Waals surface area (Å²) >= 11 is 0. The molecule has 22 heavy (non-hydrogen) atoms. The lowest BCUT2D eigenvalue weighted by atomic mass is 10.0. The Morgan fingerprint density at radius 2 is 1.91 bits per heavy atom. The highest BCUT2D eigenvalue weighted by molar-refractivity contribution is 7.89. The van der Waals surface area contributed by atoms with Gasteiger partial charge in [-0.25, -0.2) is 13.1 Å². The topological polar surface area (TPSA) is 46.2 Å². The molecule has 0 heterocycles. The van der Waals surface area contributed by atoms with Gasteiger partial charge < -0.3 is 0 Å². The molecule has 0 saturated heterocycles. The average Bonchev–Trinajstić information content (AvgIpc) is 2.45. The molecule has 0 aliphatic carbocycles. The van der Waals surface area contributed by atoms with Crippen molar-refractivity contribution in [1.82, 2.24) is 4.72 Å². The van der Waals surface area contributed by atoms with Crippen molar-refractivity contribution in [1.29, 1.82) is 0 Å². The van der Waals surface area contributed by atoms with Crippen LogP contribution in [0.3, 0.4) is 0 Å². The van der Waals surface area contributed by atoms with Crippen LogP contribution >= 0.6 is 0 Å². The molecule has 0 radical (unpaired) electrons. The molecule has 0 aliphatic rings. The van der Waals surface area contributed by atoms with Crippen LogP contribution in [-0.2, 0) is 10.0 Å². The van der Waals surface area contributed by atoms with E-state index in [1.807, 2.05) is 36.4 Å². The first-order valence-electron chi connectivity index (χ1n) is 7.63. The molecule has 0 spiro atoms. The van der Waals surface area contributed by atoms with Crippen molar-refractivity contribution in [3.05, 3.63) is 54.3 Å². The zero-order valence-electron chi connectivity index (χ0n) is 13.8. The normalized spacial score (nSPS) is 13.4. The van der Waals surface area contributed by atoms with Gasteiger partial charge >= 0.3 is 0 Å². The highest BCUT2D eigenvalue weighted by Gasteiger charge is 2.22. The molecule has 1 unspecified atom stereocenters. The number of hydrogen-bond acceptors (Lipinski definition) is 2. The van der Waals surface area contributed by atoms with Crippen LogP contribution in [0.2, 0.25) is 25.7 Å². The highest BCUT2D eigenvalue weighted by atomic mass is 32.2. The van der Waals surface area contributed by atoms with E-state index in [1.165, 1.54) is 0 Å². The van der Waals surface area contributed by atoms with Crippen LogP contribution in [0.1, 0.15) is 24.4 Å². The lowest BCUT2D eigenvalue weighted by molar-refractivity contribution is 0.543. The first-order valence-corrected chi connectivity index (χ1v) is 13.0. The molecule has 0 fully saturated rings. The molecule has 1 atom stereocenters. The fourth-order valence-corrected chi connectivity index (χ4v) is 6.38. The minimum Gasteiger partial charge on any atom is -0.212 e. The van der Waals surface area contributed by atoms with Gasteiger partial charge in [0.2, 0.25) is 10.0 Å². The fraction of sp³-hybridized carbons (Fsp3) is 0.471. The Morgan fingerprint density at radius 1 is 1.27 bits per heavy atom. The van der Waals surface area contributed by atoms with Gasteiger partial charge in [0.15, 0.2) is 0 Å². The molecule has 1 aromatic carbocycles. The highest BCUT2D eigenvalue weighted by Crippen LogP contribution is 2.20. The van der Waals surface area contributed by atoms with Crippen LogP contribution in [0.15, 0.2) is 48.7 Å². The molecule has 1 N–H and O–H groups in total. The maximum absolute atomic E-state index is 12.4. The SMILES string of the molecule is C=C=CCCC(NS(=O)(=O)CC[Si](C)(C)C)c1ccccc1. The first kappa shape index (κ1) is 18.9. The van der Waals surface area contributed by atoms with E-state index in [0.717, 1.165) is 18.0 Å². The Morgan fingerprint density at radius 3 is 2.45 bits per heavy atom. The van der Waals surface area contributed by atoms with Crippen molar-refractivity contribution < 1.29 is 8.42 Å². The van der Waals surface area contributed by atoms with Gasteiger partial charge in [-0.15, -0.1) is 5.73 Å². The smallest absolute Gasteiger partial charge is 0.211 e. The molecule has 1 aromatic rings. The maximum atomic E-state index is 12.4. The Labute approximate surface area is 136 Å². The van der Waals surface area contributed by atoms with Crippen LogP contribution in [0.5, 0.6) is 0 Å². The predicted octanol–water partition coefficient (Wildman–Crippen LogP) is 4.11. The van der Waals surface area contributed by atoms with Crippen molar-refractivity contribution in [3.8, 4) is 0 Å². The van der Waals surface area contributed by atoms with Crippen LogP contribution in [-0.4, -0.2) is 22.2 Å². The third-order valence-corrected chi connectivity index (χ3v) is 6.89. The number of rotatable bonds is 9. The van der Waals surface area contributed by atoms with E-state index >= 15 is 0 Å². The molecule has 3 nitrogen and oxygen atoms in total. The summed E-state index contributed by atoms with van der Waals surface area (Å²) in [7, 11) is -4.64. The Bertz CT molecular complexity index is 599. The zero-order chi connectivity index (χ0) is 16.6. The van der Waals surface area contributed by atoms with Crippen LogP contribution in [0.25, 0.3) is 0 Å². The Kier molecular flexibility index (Phi) is 7.30. The number of allylic oxidation sites excluding steroid dienone is 1. The van der Waals surface area contributed by atoms with E-state index in [-0.39, 0.29) is 11.8 Å². The second kappa shape index (κ2) is 8.49. The minimum absolute atomic E-state index is 0.197. The van der Waals surface area contributed by atoms with Gasteiger partial charge in [0.05, 0.1) is 5.75 Å². The number of nitrogens with one attached hydrogen (secondary N) is 1. The standard InChI is InChI=1S/C17H27NO2SSi/c1-5-6-8-13-17(16-11-9-7-10-12-16)18-21(19,20)14-15-22(2,3)4/h6-7,9-12,17-18H,1,8,13-15H2,2-4H3. The lowest BCUT2D eigenvalue weighted by Gasteiger charge is -2.21. The van der Waals surface area contributed by atoms with Gasteiger partial charge in [-0.3, -0.25) is 0 Å². The molecule has 0 aromatic heterocycles. The van der Waals surface area contributed by atoms with Gasteiger partial charge in [0.1, 0.15) is 0 Å². The predicted molar refractivity (Wildman–Crippen MR) is 97.2 cm³/mol. The molecular weight excluding hydrogens is 310 g/mol. The molecule has 0 bridgehead atoms. The summed E-state index contributed by atoms with van der Waals surface area (Å²) in [4.78, 5) is 0. The summed E-state index contributed by atoms with van der Waals surface area (Å²) in [6, 6.07) is 10.3. The van der Waals surface area contributed by atoms with E-state index in [1.54, 1.807) is 0 Å².